The Balaban J connectivity index is 2.34. The van der Waals surface area contributed by atoms with E-state index in [-0.39, 0.29) is 22.1 Å². The van der Waals surface area contributed by atoms with Gasteiger partial charge in [-0.05, 0) is 58.3 Å². The minimum absolute atomic E-state index is 0.113. The molecule has 0 radical (unpaired) electrons. The van der Waals surface area contributed by atoms with Crippen LogP contribution in [0.4, 0.5) is 0 Å². The fourth-order valence-corrected chi connectivity index (χ4v) is 2.60. The summed E-state index contributed by atoms with van der Waals surface area (Å²) in [5, 5.41) is 0.340. The van der Waals surface area contributed by atoms with E-state index in [1.54, 1.807) is 55.1 Å². The Morgan fingerprint density at radius 3 is 2.20 bits per heavy atom. The molecule has 0 N–H and O–H groups in total. The maximum Gasteiger partial charge on any atom is 0.237 e. The molecule has 0 saturated heterocycles. The largest absolute Gasteiger partial charge is 0.456 e. The molecular formula is C20H19NO4. The molecule has 2 aromatic carbocycles. The average molecular weight is 337 g/mol. The first-order valence-corrected chi connectivity index (χ1v) is 7.95. The fraction of sp³-hybridized carbons (Fsp3) is 0.250. The molecule has 1 aromatic heterocycles. The van der Waals surface area contributed by atoms with Gasteiger partial charge in [-0.15, -0.1) is 0 Å². The topological polar surface area (TPSA) is 67.6 Å². The minimum atomic E-state index is -0.740. The number of nitrogens with zero attached hydrogens (tertiary/aromatic N) is 1. The molecule has 25 heavy (non-hydrogen) atoms. The molecule has 0 bridgehead atoms. The Bertz CT molecular complexity index is 1110. The number of para-hydroxylation sites is 1. The van der Waals surface area contributed by atoms with E-state index in [1.807, 2.05) is 14.1 Å². The number of hydrogen-bond donors (Lipinski definition) is 0. The standard InChI is InChI=1S/C20H19NO4/c1-20(2,21(3)4)19(24)12-9-10-16-14(11-12)18(23)17(22)13-7-5-6-8-15(13)25-16/h5-11H,1-4H3. The predicted octanol–water partition coefficient (Wildman–Crippen LogP) is 2.83. The van der Waals surface area contributed by atoms with Crippen molar-refractivity contribution in [3.63, 3.8) is 0 Å². The predicted molar refractivity (Wildman–Crippen MR) is 98.4 cm³/mol. The number of Topliss-reactive ketones (excluding diaryl/α,β-unsaturated/α-hetero) is 1. The Morgan fingerprint density at radius 1 is 0.920 bits per heavy atom. The van der Waals surface area contributed by atoms with E-state index in [9.17, 15) is 14.4 Å². The monoisotopic (exact) mass is 337 g/mol. The van der Waals surface area contributed by atoms with E-state index in [2.05, 4.69) is 0 Å². The van der Waals surface area contributed by atoms with E-state index in [0.717, 1.165) is 0 Å². The molecule has 0 saturated carbocycles. The van der Waals surface area contributed by atoms with Crippen LogP contribution in [0.2, 0.25) is 0 Å². The van der Waals surface area contributed by atoms with Crippen LogP contribution >= 0.6 is 0 Å². The second-order valence-corrected chi connectivity index (χ2v) is 6.75. The van der Waals surface area contributed by atoms with Crippen molar-refractivity contribution in [2.75, 3.05) is 14.1 Å². The van der Waals surface area contributed by atoms with Gasteiger partial charge in [-0.25, -0.2) is 0 Å². The van der Waals surface area contributed by atoms with E-state index >= 15 is 0 Å². The molecule has 1 heterocycles. The average Bonchev–Trinajstić information content (AvgIpc) is 2.70. The number of carbonyl (C=O) groups excluding carboxylic acids is 1. The summed E-state index contributed by atoms with van der Waals surface area (Å²) in [5.74, 6) is -0.137. The van der Waals surface area contributed by atoms with Crippen LogP contribution in [0.1, 0.15) is 24.2 Å². The molecule has 0 unspecified atom stereocenters. The zero-order chi connectivity index (χ0) is 18.4. The molecule has 0 aliphatic carbocycles. The highest BCUT2D eigenvalue weighted by Crippen LogP contribution is 2.21. The van der Waals surface area contributed by atoms with Crippen molar-refractivity contribution in [1.29, 1.82) is 0 Å². The number of ketones is 1. The fourth-order valence-electron chi connectivity index (χ4n) is 2.60. The molecule has 0 aliphatic rings. The third-order valence-corrected chi connectivity index (χ3v) is 4.72. The summed E-state index contributed by atoms with van der Waals surface area (Å²) in [6.45, 7) is 3.61. The SMILES string of the molecule is CN(C)C(C)(C)C(=O)c1ccc2oc3ccccc3c(=O)c(=O)c2c1. The zero-order valence-corrected chi connectivity index (χ0v) is 14.6. The quantitative estimate of drug-likeness (QED) is 0.543. The van der Waals surface area contributed by atoms with Crippen LogP contribution in [0.25, 0.3) is 21.9 Å². The maximum atomic E-state index is 12.8. The van der Waals surface area contributed by atoms with Crippen molar-refractivity contribution < 1.29 is 9.21 Å². The third-order valence-electron chi connectivity index (χ3n) is 4.72. The third kappa shape index (κ3) is 2.76. The van der Waals surface area contributed by atoms with Crippen molar-refractivity contribution in [3.05, 3.63) is 68.5 Å². The molecule has 0 aliphatic heterocycles. The number of benzene rings is 2. The first-order valence-electron chi connectivity index (χ1n) is 7.95. The molecule has 5 heteroatoms. The van der Waals surface area contributed by atoms with Gasteiger partial charge >= 0.3 is 0 Å². The summed E-state index contributed by atoms with van der Waals surface area (Å²) in [4.78, 5) is 39.7. The van der Waals surface area contributed by atoms with E-state index in [4.69, 9.17) is 4.42 Å². The lowest BCUT2D eigenvalue weighted by Gasteiger charge is -2.30. The first-order chi connectivity index (χ1) is 11.7. The van der Waals surface area contributed by atoms with Gasteiger partial charge in [0.15, 0.2) is 5.78 Å². The van der Waals surface area contributed by atoms with Crippen LogP contribution in [0.15, 0.2) is 56.5 Å². The van der Waals surface area contributed by atoms with Crippen LogP contribution in [-0.4, -0.2) is 30.3 Å². The van der Waals surface area contributed by atoms with Gasteiger partial charge in [0.25, 0.3) is 0 Å². The second-order valence-electron chi connectivity index (χ2n) is 6.75. The molecule has 3 rings (SSSR count). The Kier molecular flexibility index (Phi) is 4.05. The van der Waals surface area contributed by atoms with Gasteiger partial charge in [-0.2, -0.15) is 0 Å². The van der Waals surface area contributed by atoms with Crippen LogP contribution in [0, 0.1) is 0 Å². The number of rotatable bonds is 3. The molecule has 3 aromatic rings. The maximum absolute atomic E-state index is 12.8. The molecule has 0 amide bonds. The molecule has 5 nitrogen and oxygen atoms in total. The van der Waals surface area contributed by atoms with Gasteiger partial charge in [-0.1, -0.05) is 12.1 Å². The van der Waals surface area contributed by atoms with Gasteiger partial charge in [-0.3, -0.25) is 19.3 Å². The van der Waals surface area contributed by atoms with Gasteiger partial charge in [0.1, 0.15) is 11.2 Å². The molecule has 0 atom stereocenters. The van der Waals surface area contributed by atoms with Gasteiger partial charge < -0.3 is 4.42 Å². The highest BCUT2D eigenvalue weighted by atomic mass is 16.3. The van der Waals surface area contributed by atoms with Crippen molar-refractivity contribution >= 4 is 27.7 Å². The van der Waals surface area contributed by atoms with Gasteiger partial charge in [0.2, 0.25) is 10.9 Å². The highest BCUT2D eigenvalue weighted by molar-refractivity contribution is 6.04. The Labute approximate surface area is 144 Å². The molecule has 0 fully saturated rings. The van der Waals surface area contributed by atoms with Crippen molar-refractivity contribution in [2.45, 2.75) is 19.4 Å². The first kappa shape index (κ1) is 17.0. The Morgan fingerprint density at radius 2 is 1.52 bits per heavy atom. The van der Waals surface area contributed by atoms with E-state index in [0.29, 0.717) is 11.1 Å². The smallest absolute Gasteiger partial charge is 0.237 e. The van der Waals surface area contributed by atoms with Crippen LogP contribution in [0.5, 0.6) is 0 Å². The van der Waals surface area contributed by atoms with E-state index < -0.39 is 16.4 Å². The van der Waals surface area contributed by atoms with Crippen molar-refractivity contribution in [1.82, 2.24) is 4.90 Å². The second kappa shape index (κ2) is 5.93. The number of likely N-dealkylation sites (N-methyl/N-ethyl adjacent to an activating group) is 1. The normalized spacial score (nSPS) is 12.0. The summed E-state index contributed by atoms with van der Waals surface area (Å²) in [7, 11) is 3.63. The van der Waals surface area contributed by atoms with E-state index in [1.165, 1.54) is 6.07 Å². The minimum Gasteiger partial charge on any atom is -0.456 e. The number of hydrogen-bond acceptors (Lipinski definition) is 5. The van der Waals surface area contributed by atoms with Crippen LogP contribution in [0.3, 0.4) is 0 Å². The van der Waals surface area contributed by atoms with Crippen LogP contribution < -0.4 is 10.9 Å². The van der Waals surface area contributed by atoms with Crippen LogP contribution in [-0.2, 0) is 0 Å². The lowest BCUT2D eigenvalue weighted by atomic mass is 9.91. The lowest BCUT2D eigenvalue weighted by molar-refractivity contribution is 0.0755. The summed E-state index contributed by atoms with van der Waals surface area (Å²) < 4.78 is 5.75. The van der Waals surface area contributed by atoms with Gasteiger partial charge in [0.05, 0.1) is 16.3 Å². The summed E-state index contributed by atoms with van der Waals surface area (Å²) in [6.07, 6.45) is 0. The lowest BCUT2D eigenvalue weighted by Crippen LogP contribution is -2.45. The van der Waals surface area contributed by atoms with Crippen molar-refractivity contribution in [3.8, 4) is 0 Å². The Hall–Kier alpha value is -2.79. The molecular weight excluding hydrogens is 318 g/mol. The summed E-state index contributed by atoms with van der Waals surface area (Å²) >= 11 is 0. The number of fused-ring (bicyclic) bond motifs is 2. The van der Waals surface area contributed by atoms with Crippen molar-refractivity contribution in [2.24, 2.45) is 0 Å². The molecule has 0 spiro atoms. The van der Waals surface area contributed by atoms with Gasteiger partial charge in [0, 0.05) is 5.56 Å². The molecule has 128 valence electrons. The zero-order valence-electron chi connectivity index (χ0n) is 14.6. The highest BCUT2D eigenvalue weighted by Gasteiger charge is 2.31. The number of carbonyl (C=O) groups is 1. The summed E-state index contributed by atoms with van der Waals surface area (Å²) in [5.41, 5.74) is -1.05. The summed E-state index contributed by atoms with van der Waals surface area (Å²) in [6, 6.07) is 11.3.